The number of ether oxygens (including phenoxy) is 1. The molecule has 4 aliphatic heterocycles. The molecule has 2 N–H and O–H groups in total. The number of morpholine rings is 1. The molecule has 1 amide bonds. The summed E-state index contributed by atoms with van der Waals surface area (Å²) in [5.41, 5.74) is 4.36. The van der Waals surface area contributed by atoms with Crippen LogP contribution in [-0.4, -0.2) is 109 Å². The van der Waals surface area contributed by atoms with Crippen LogP contribution in [0.4, 0.5) is 5.82 Å². The van der Waals surface area contributed by atoms with Gasteiger partial charge in [0.05, 0.1) is 18.1 Å². The third kappa shape index (κ3) is 5.51. The fraction of sp³-hybridized carbons (Fsp3) is 0.522. The number of anilines is 1. The van der Waals surface area contributed by atoms with Crippen molar-refractivity contribution in [1.82, 2.24) is 25.0 Å². The van der Waals surface area contributed by atoms with Gasteiger partial charge in [0.1, 0.15) is 22.9 Å². The van der Waals surface area contributed by atoms with Gasteiger partial charge >= 0.3 is 0 Å². The number of piperazine rings is 1. The maximum Gasteiger partial charge on any atom is 0.222 e. The molecule has 0 spiro atoms. The number of fused-ring (bicyclic) bond motifs is 1. The first-order valence-electron chi connectivity index (χ1n) is 11.6. The Morgan fingerprint density at radius 3 is 2.71 bits per heavy atom. The van der Waals surface area contributed by atoms with Crippen LogP contribution in [0.15, 0.2) is 44.8 Å². The number of hydrogen-bond donors (Lipinski definition) is 2. The lowest BCUT2D eigenvalue weighted by Gasteiger charge is -2.33. The standard InChI is InChI=1S/C23H30N8O2S/c1-16(32)25-19-4-3-17(14-24-19)22-26-20(31-9-11-33-12-10-31)13-18-23(28-22)27-21(34-18)15-30-7-5-29(2)6-8-30/h3-4,14,21H,5-12,15H2,1-2H3,(H,24,25,32)(H,26,27,28). The Labute approximate surface area is 203 Å². The summed E-state index contributed by atoms with van der Waals surface area (Å²) < 4.78 is 5.54. The van der Waals surface area contributed by atoms with E-state index in [2.05, 4.69) is 43.1 Å². The van der Waals surface area contributed by atoms with Crippen LogP contribution in [-0.2, 0) is 9.53 Å². The molecule has 5 heterocycles. The Morgan fingerprint density at radius 1 is 1.21 bits per heavy atom. The van der Waals surface area contributed by atoms with E-state index in [1.165, 1.54) is 6.92 Å². The van der Waals surface area contributed by atoms with Gasteiger partial charge in [-0.05, 0) is 19.2 Å². The molecule has 4 aliphatic rings. The fourth-order valence-electron chi connectivity index (χ4n) is 4.15. The molecule has 11 heteroatoms. The maximum absolute atomic E-state index is 11.3. The highest BCUT2D eigenvalue weighted by Crippen LogP contribution is 2.32. The number of aromatic nitrogens is 1. The minimum Gasteiger partial charge on any atom is -0.378 e. The van der Waals surface area contributed by atoms with Crippen molar-refractivity contribution in [3.8, 4) is 0 Å². The van der Waals surface area contributed by atoms with Crippen LogP contribution in [0.2, 0.25) is 0 Å². The number of carbonyl (C=O) groups is 1. The van der Waals surface area contributed by atoms with Gasteiger partial charge in [-0.15, -0.1) is 0 Å². The van der Waals surface area contributed by atoms with Gasteiger partial charge in [-0.1, -0.05) is 17.5 Å². The third-order valence-electron chi connectivity index (χ3n) is 6.08. The highest BCUT2D eigenvalue weighted by atomic mass is 32.2. The minimum atomic E-state index is -0.153. The number of rotatable bonds is 5. The number of carbonyl (C=O) groups excluding carboxylic acids is 1. The molecule has 1 aromatic heterocycles. The summed E-state index contributed by atoms with van der Waals surface area (Å²) in [6, 6.07) is 3.68. The second kappa shape index (κ2) is 10.3. The Morgan fingerprint density at radius 2 is 2.00 bits per heavy atom. The van der Waals surface area contributed by atoms with Gasteiger partial charge in [0.25, 0.3) is 0 Å². The molecule has 0 aliphatic carbocycles. The molecule has 0 radical (unpaired) electrons. The summed E-state index contributed by atoms with van der Waals surface area (Å²) in [6.07, 6.45) is 1.71. The van der Waals surface area contributed by atoms with Crippen molar-refractivity contribution in [1.29, 1.82) is 0 Å². The van der Waals surface area contributed by atoms with Crippen molar-refractivity contribution in [2.45, 2.75) is 12.3 Å². The first kappa shape index (κ1) is 23.1. The molecule has 0 bridgehead atoms. The number of nitrogens with one attached hydrogen (secondary N) is 2. The highest BCUT2D eigenvalue weighted by molar-refractivity contribution is 8.05. The zero-order valence-electron chi connectivity index (χ0n) is 19.6. The quantitative estimate of drug-likeness (QED) is 0.594. The summed E-state index contributed by atoms with van der Waals surface area (Å²) in [5, 5.41) is 6.27. The van der Waals surface area contributed by atoms with E-state index in [9.17, 15) is 4.79 Å². The monoisotopic (exact) mass is 482 g/mol. The number of pyridine rings is 1. The molecular weight excluding hydrogens is 452 g/mol. The van der Waals surface area contributed by atoms with Crippen LogP contribution in [0, 0.1) is 0 Å². The highest BCUT2D eigenvalue weighted by Gasteiger charge is 2.30. The summed E-state index contributed by atoms with van der Waals surface area (Å²) in [7, 11) is 2.17. The molecule has 1 unspecified atom stereocenters. The molecule has 34 heavy (non-hydrogen) atoms. The van der Waals surface area contributed by atoms with Crippen molar-refractivity contribution in [3.05, 3.63) is 40.4 Å². The van der Waals surface area contributed by atoms with E-state index in [-0.39, 0.29) is 11.3 Å². The molecule has 1 atom stereocenters. The van der Waals surface area contributed by atoms with Crippen LogP contribution < -0.4 is 10.6 Å². The van der Waals surface area contributed by atoms with Gasteiger partial charge in [0.15, 0.2) is 5.82 Å². The molecule has 180 valence electrons. The van der Waals surface area contributed by atoms with E-state index in [0.717, 1.165) is 67.9 Å². The van der Waals surface area contributed by atoms with Crippen LogP contribution in [0.25, 0.3) is 0 Å². The lowest BCUT2D eigenvalue weighted by atomic mass is 10.2. The number of aliphatic imine (C=N–C) groups is 2. The number of nitrogens with zero attached hydrogens (tertiary/aromatic N) is 6. The zero-order valence-corrected chi connectivity index (χ0v) is 20.4. The van der Waals surface area contributed by atoms with Gasteiger partial charge in [-0.25, -0.2) is 9.98 Å². The summed E-state index contributed by atoms with van der Waals surface area (Å²) >= 11 is 1.75. The van der Waals surface area contributed by atoms with E-state index in [1.807, 2.05) is 6.07 Å². The number of likely N-dealkylation sites (N-methyl/N-ethyl adjacent to an activating group) is 1. The van der Waals surface area contributed by atoms with E-state index >= 15 is 0 Å². The average Bonchev–Trinajstić information content (AvgIpc) is 3.11. The Kier molecular flexibility index (Phi) is 6.98. The zero-order chi connectivity index (χ0) is 23.5. The molecule has 0 saturated carbocycles. The lowest BCUT2D eigenvalue weighted by Crippen LogP contribution is -2.46. The third-order valence-corrected chi connectivity index (χ3v) is 7.14. The second-order valence-corrected chi connectivity index (χ2v) is 9.92. The topological polar surface area (TPSA) is 97.7 Å². The summed E-state index contributed by atoms with van der Waals surface area (Å²) in [4.78, 5) is 33.7. The molecule has 0 aromatic carbocycles. The molecule has 5 rings (SSSR count). The van der Waals surface area contributed by atoms with Crippen molar-refractivity contribution < 1.29 is 9.53 Å². The maximum atomic E-state index is 11.3. The largest absolute Gasteiger partial charge is 0.378 e. The minimum absolute atomic E-state index is 0.124. The van der Waals surface area contributed by atoms with Gasteiger partial charge in [-0.3, -0.25) is 14.7 Å². The average molecular weight is 483 g/mol. The van der Waals surface area contributed by atoms with E-state index in [1.54, 1.807) is 24.0 Å². The van der Waals surface area contributed by atoms with E-state index in [4.69, 9.17) is 14.7 Å². The number of amidine groups is 2. The normalized spacial score (nSPS) is 23.7. The summed E-state index contributed by atoms with van der Waals surface area (Å²) in [5.74, 6) is 2.61. The number of hydrogen-bond acceptors (Lipinski definition) is 10. The molecule has 10 nitrogen and oxygen atoms in total. The predicted octanol–water partition coefficient (Wildman–Crippen LogP) is 0.765. The van der Waals surface area contributed by atoms with Crippen molar-refractivity contribution >= 4 is 35.2 Å². The number of amides is 1. The second-order valence-electron chi connectivity index (χ2n) is 8.73. The molecule has 1 aromatic rings. The van der Waals surface area contributed by atoms with Gasteiger partial charge in [-0.2, -0.15) is 0 Å². The van der Waals surface area contributed by atoms with Gasteiger partial charge in [0, 0.05) is 64.5 Å². The van der Waals surface area contributed by atoms with Crippen LogP contribution in [0.3, 0.4) is 0 Å². The van der Waals surface area contributed by atoms with E-state index in [0.29, 0.717) is 24.9 Å². The van der Waals surface area contributed by atoms with Crippen LogP contribution >= 0.6 is 11.8 Å². The first-order chi connectivity index (χ1) is 16.5. The van der Waals surface area contributed by atoms with Gasteiger partial charge < -0.3 is 25.2 Å². The van der Waals surface area contributed by atoms with Crippen LogP contribution in [0.1, 0.15) is 12.5 Å². The molecular formula is C23H30N8O2S. The molecule has 2 saturated heterocycles. The van der Waals surface area contributed by atoms with E-state index < -0.39 is 0 Å². The lowest BCUT2D eigenvalue weighted by molar-refractivity contribution is -0.114. The van der Waals surface area contributed by atoms with Crippen molar-refractivity contribution in [2.24, 2.45) is 9.98 Å². The fourth-order valence-corrected chi connectivity index (χ4v) is 5.23. The van der Waals surface area contributed by atoms with Crippen molar-refractivity contribution in [3.63, 3.8) is 0 Å². The summed E-state index contributed by atoms with van der Waals surface area (Å²) in [6.45, 7) is 9.59. The Bertz CT molecular complexity index is 1050. The Hall–Kier alpha value is -2.69. The predicted molar refractivity (Wildman–Crippen MR) is 134 cm³/mol. The first-order valence-corrected chi connectivity index (χ1v) is 12.5. The smallest absolute Gasteiger partial charge is 0.222 e. The van der Waals surface area contributed by atoms with Crippen LogP contribution in [0.5, 0.6) is 0 Å². The SMILES string of the molecule is CC(=O)Nc1ccc(C2=NC(N3CCOCC3)=C=C3SC(CN4CCN(C)CC4)N=C3N2)cn1. The Balaban J connectivity index is 1.41. The van der Waals surface area contributed by atoms with Gasteiger partial charge in [0.2, 0.25) is 5.91 Å². The van der Waals surface area contributed by atoms with Crippen molar-refractivity contribution in [2.75, 3.05) is 71.4 Å². The molecule has 2 fully saturated rings. The number of thioether (sulfide) groups is 1.